The normalized spacial score (nSPS) is 27.1. The zero-order valence-electron chi connectivity index (χ0n) is 17.7. The van der Waals surface area contributed by atoms with E-state index in [9.17, 15) is 9.59 Å². The summed E-state index contributed by atoms with van der Waals surface area (Å²) >= 11 is 0. The second-order valence-corrected chi connectivity index (χ2v) is 9.23. The number of piperazine rings is 1. The van der Waals surface area contributed by atoms with Crippen molar-refractivity contribution < 1.29 is 9.59 Å². The van der Waals surface area contributed by atoms with E-state index in [2.05, 4.69) is 46.3 Å². The molecule has 2 aliphatic heterocycles. The van der Waals surface area contributed by atoms with Gasteiger partial charge in [-0.25, -0.2) is 0 Å². The number of amides is 2. The Labute approximate surface area is 174 Å². The van der Waals surface area contributed by atoms with Crippen LogP contribution >= 0.6 is 0 Å². The summed E-state index contributed by atoms with van der Waals surface area (Å²) in [6.07, 6.45) is 9.59. The minimum Gasteiger partial charge on any atom is -0.366 e. The Morgan fingerprint density at radius 3 is 2.45 bits per heavy atom. The number of nitrogens with one attached hydrogen (secondary N) is 1. The molecule has 2 heterocycles. The summed E-state index contributed by atoms with van der Waals surface area (Å²) in [5, 5.41) is 2.46. The topological polar surface area (TPSA) is 52.6 Å². The summed E-state index contributed by atoms with van der Waals surface area (Å²) in [7, 11) is 0. The van der Waals surface area contributed by atoms with Crippen LogP contribution in [0.1, 0.15) is 69.8 Å². The van der Waals surface area contributed by atoms with Gasteiger partial charge in [0.15, 0.2) is 0 Å². The maximum absolute atomic E-state index is 12.1. The van der Waals surface area contributed by atoms with Gasteiger partial charge in [-0.2, -0.15) is 0 Å². The van der Waals surface area contributed by atoms with Crippen molar-refractivity contribution in [3.8, 4) is 0 Å². The Kier molecular flexibility index (Phi) is 6.53. The third-order valence-electron chi connectivity index (χ3n) is 7.16. The van der Waals surface area contributed by atoms with Crippen molar-refractivity contribution in [2.45, 2.75) is 70.3 Å². The number of carbonyl (C=O) groups excluding carboxylic acids is 2. The number of anilines is 1. The van der Waals surface area contributed by atoms with Gasteiger partial charge in [-0.15, -0.1) is 0 Å². The van der Waals surface area contributed by atoms with E-state index in [0.29, 0.717) is 18.9 Å². The predicted octanol–water partition coefficient (Wildman–Crippen LogP) is 3.69. The average Bonchev–Trinajstić information content (AvgIpc) is 2.73. The van der Waals surface area contributed by atoms with Gasteiger partial charge in [-0.05, 0) is 49.9 Å². The number of nitrogens with zero attached hydrogens (tertiary/aromatic N) is 2. The highest BCUT2D eigenvalue weighted by atomic mass is 16.2. The van der Waals surface area contributed by atoms with E-state index in [1.165, 1.54) is 50.8 Å². The predicted molar refractivity (Wildman–Crippen MR) is 116 cm³/mol. The molecule has 3 aliphatic rings. The Morgan fingerprint density at radius 1 is 1.00 bits per heavy atom. The fourth-order valence-electron chi connectivity index (χ4n) is 5.37. The first-order chi connectivity index (χ1) is 14.1. The van der Waals surface area contributed by atoms with Gasteiger partial charge in [-0.1, -0.05) is 44.2 Å². The summed E-state index contributed by atoms with van der Waals surface area (Å²) in [5.41, 5.74) is 2.25. The molecule has 2 amide bonds. The van der Waals surface area contributed by atoms with E-state index >= 15 is 0 Å². The highest BCUT2D eigenvalue weighted by molar-refractivity contribution is 6.00. The number of hydrogen-bond donors (Lipinski definition) is 1. The van der Waals surface area contributed by atoms with Gasteiger partial charge in [0, 0.05) is 37.8 Å². The zero-order valence-corrected chi connectivity index (χ0v) is 17.7. The first-order valence-electron chi connectivity index (χ1n) is 11.5. The second kappa shape index (κ2) is 9.29. The smallest absolute Gasteiger partial charge is 0.234 e. The van der Waals surface area contributed by atoms with Gasteiger partial charge in [-0.3, -0.25) is 19.8 Å². The van der Waals surface area contributed by atoms with Crippen LogP contribution in [-0.4, -0.2) is 48.9 Å². The van der Waals surface area contributed by atoms with Gasteiger partial charge in [0.1, 0.15) is 0 Å². The highest BCUT2D eigenvalue weighted by Crippen LogP contribution is 2.29. The molecule has 0 spiro atoms. The van der Waals surface area contributed by atoms with Crippen LogP contribution in [0.15, 0.2) is 24.3 Å². The number of hydrogen-bond acceptors (Lipinski definition) is 4. The number of carbonyl (C=O) groups is 2. The quantitative estimate of drug-likeness (QED) is 0.770. The van der Waals surface area contributed by atoms with Gasteiger partial charge in [0.2, 0.25) is 11.8 Å². The summed E-state index contributed by atoms with van der Waals surface area (Å²) in [6, 6.07) is 8.92. The van der Waals surface area contributed by atoms with E-state index in [1.807, 2.05) is 0 Å². The van der Waals surface area contributed by atoms with Gasteiger partial charge >= 0.3 is 0 Å². The molecule has 1 aromatic carbocycles. The molecule has 158 valence electrons. The molecule has 1 unspecified atom stereocenters. The van der Waals surface area contributed by atoms with E-state index in [1.54, 1.807) is 0 Å². The largest absolute Gasteiger partial charge is 0.366 e. The molecule has 0 aromatic heterocycles. The molecular formula is C24H35N3O2. The summed E-state index contributed by atoms with van der Waals surface area (Å²) in [4.78, 5) is 28.6. The maximum atomic E-state index is 12.1. The minimum atomic E-state index is -0.198. The third-order valence-corrected chi connectivity index (χ3v) is 7.16. The molecular weight excluding hydrogens is 362 g/mol. The van der Waals surface area contributed by atoms with Gasteiger partial charge in [0.25, 0.3) is 0 Å². The fourth-order valence-corrected chi connectivity index (χ4v) is 5.37. The van der Waals surface area contributed by atoms with Crippen molar-refractivity contribution in [1.82, 2.24) is 10.2 Å². The van der Waals surface area contributed by atoms with E-state index < -0.39 is 0 Å². The fraction of sp³-hybridized carbons (Fsp3) is 0.667. The van der Waals surface area contributed by atoms with Crippen molar-refractivity contribution >= 4 is 17.5 Å². The van der Waals surface area contributed by atoms with Crippen LogP contribution in [0.25, 0.3) is 0 Å². The lowest BCUT2D eigenvalue weighted by Gasteiger charge is -2.42. The first-order valence-corrected chi connectivity index (χ1v) is 11.5. The van der Waals surface area contributed by atoms with Crippen LogP contribution in [0, 0.1) is 5.92 Å². The molecule has 2 saturated heterocycles. The third kappa shape index (κ3) is 5.00. The van der Waals surface area contributed by atoms with Crippen molar-refractivity contribution in [2.75, 3.05) is 31.1 Å². The number of piperidine rings is 1. The van der Waals surface area contributed by atoms with Gasteiger partial charge < -0.3 is 4.90 Å². The standard InChI is InChI=1S/C24H35N3O2/c1-18-17-26(14-13-19-5-3-2-4-6-19)15-16-27(18)21-9-7-20(8-10-21)22-11-12-23(28)25-24(22)29/h7-10,18-19,22H,2-6,11-17H2,1H3,(H,25,28,29)/t18-,22?/m1/s1. The monoisotopic (exact) mass is 397 g/mol. The van der Waals surface area contributed by atoms with Crippen molar-refractivity contribution in [3.63, 3.8) is 0 Å². The van der Waals surface area contributed by atoms with E-state index in [-0.39, 0.29) is 17.7 Å². The molecule has 1 aromatic rings. The SMILES string of the molecule is C[C@@H]1CN(CCC2CCCCC2)CCN1c1ccc(C2CCC(=O)NC2=O)cc1. The number of imide groups is 1. The van der Waals surface area contributed by atoms with E-state index in [0.717, 1.165) is 31.1 Å². The molecule has 4 rings (SSSR count). The Morgan fingerprint density at radius 2 is 1.76 bits per heavy atom. The highest BCUT2D eigenvalue weighted by Gasteiger charge is 2.29. The molecule has 1 N–H and O–H groups in total. The molecule has 5 heteroatoms. The molecule has 5 nitrogen and oxygen atoms in total. The molecule has 3 fully saturated rings. The van der Waals surface area contributed by atoms with Crippen LogP contribution in [0.4, 0.5) is 5.69 Å². The summed E-state index contributed by atoms with van der Waals surface area (Å²) < 4.78 is 0. The summed E-state index contributed by atoms with van der Waals surface area (Å²) in [6.45, 7) is 6.88. The number of benzene rings is 1. The Bertz CT molecular complexity index is 711. The van der Waals surface area contributed by atoms with Crippen LogP contribution in [-0.2, 0) is 9.59 Å². The Hall–Kier alpha value is -1.88. The minimum absolute atomic E-state index is 0.155. The van der Waals surface area contributed by atoms with Crippen molar-refractivity contribution in [1.29, 1.82) is 0 Å². The van der Waals surface area contributed by atoms with Gasteiger partial charge in [0.05, 0.1) is 5.92 Å². The lowest BCUT2D eigenvalue weighted by Crippen LogP contribution is -2.52. The molecule has 2 atom stereocenters. The van der Waals surface area contributed by atoms with Crippen LogP contribution in [0.5, 0.6) is 0 Å². The summed E-state index contributed by atoms with van der Waals surface area (Å²) in [5.74, 6) is 0.444. The molecule has 0 radical (unpaired) electrons. The second-order valence-electron chi connectivity index (χ2n) is 9.23. The average molecular weight is 398 g/mol. The zero-order chi connectivity index (χ0) is 20.2. The van der Waals surface area contributed by atoms with E-state index in [4.69, 9.17) is 0 Å². The first kappa shape index (κ1) is 20.4. The molecule has 1 saturated carbocycles. The molecule has 1 aliphatic carbocycles. The number of rotatable bonds is 5. The van der Waals surface area contributed by atoms with Crippen molar-refractivity contribution in [2.24, 2.45) is 5.92 Å². The maximum Gasteiger partial charge on any atom is 0.234 e. The van der Waals surface area contributed by atoms with Crippen molar-refractivity contribution in [3.05, 3.63) is 29.8 Å². The molecule has 0 bridgehead atoms. The van der Waals surface area contributed by atoms with Crippen LogP contribution in [0.2, 0.25) is 0 Å². The lowest BCUT2D eigenvalue weighted by molar-refractivity contribution is -0.134. The Balaban J connectivity index is 1.30. The molecule has 29 heavy (non-hydrogen) atoms. The van der Waals surface area contributed by atoms with Crippen LogP contribution in [0.3, 0.4) is 0 Å². The van der Waals surface area contributed by atoms with Crippen LogP contribution < -0.4 is 10.2 Å². The lowest BCUT2D eigenvalue weighted by atomic mass is 9.87.